The smallest absolute Gasteiger partial charge is 0.251 e. The summed E-state index contributed by atoms with van der Waals surface area (Å²) in [6.45, 7) is 3.56. The topological polar surface area (TPSA) is 49.4 Å². The highest BCUT2D eigenvalue weighted by Crippen LogP contribution is 2.56. The molecule has 1 aromatic carbocycles. The highest BCUT2D eigenvalue weighted by Gasteiger charge is 2.51. The van der Waals surface area contributed by atoms with Crippen LogP contribution in [0.2, 0.25) is 0 Å². The molecule has 4 aliphatic carbocycles. The first-order valence-electron chi connectivity index (χ1n) is 11.2. The Kier molecular flexibility index (Phi) is 4.68. The number of hydrogen-bond acceptors (Lipinski definition) is 2. The van der Waals surface area contributed by atoms with Crippen LogP contribution in [0.1, 0.15) is 60.9 Å². The van der Waals surface area contributed by atoms with E-state index >= 15 is 0 Å². The van der Waals surface area contributed by atoms with Crippen molar-refractivity contribution in [1.29, 1.82) is 0 Å². The summed E-state index contributed by atoms with van der Waals surface area (Å²) in [6.07, 6.45) is 8.37. The van der Waals surface area contributed by atoms with Crippen LogP contribution >= 0.6 is 0 Å². The Balaban J connectivity index is 1.17. The van der Waals surface area contributed by atoms with E-state index in [9.17, 15) is 9.59 Å². The van der Waals surface area contributed by atoms with Crippen molar-refractivity contribution >= 4 is 11.8 Å². The van der Waals surface area contributed by atoms with E-state index in [0.29, 0.717) is 23.7 Å². The van der Waals surface area contributed by atoms with Gasteiger partial charge in [0.2, 0.25) is 5.91 Å². The molecule has 4 bridgehead atoms. The van der Waals surface area contributed by atoms with E-state index < -0.39 is 0 Å². The van der Waals surface area contributed by atoms with Gasteiger partial charge in [-0.25, -0.2) is 0 Å². The maximum absolute atomic E-state index is 13.3. The average molecular weight is 381 g/mol. The third-order valence-electron chi connectivity index (χ3n) is 8.04. The van der Waals surface area contributed by atoms with E-state index in [1.54, 1.807) is 0 Å². The molecule has 1 saturated heterocycles. The van der Waals surface area contributed by atoms with Gasteiger partial charge in [0.15, 0.2) is 0 Å². The van der Waals surface area contributed by atoms with Gasteiger partial charge in [-0.3, -0.25) is 9.59 Å². The first kappa shape index (κ1) is 18.2. The molecule has 28 heavy (non-hydrogen) atoms. The van der Waals surface area contributed by atoms with Crippen molar-refractivity contribution in [2.45, 2.75) is 57.9 Å². The zero-order chi connectivity index (χ0) is 19.3. The molecule has 0 spiro atoms. The number of nitrogens with one attached hydrogen (secondary N) is 1. The van der Waals surface area contributed by atoms with Crippen LogP contribution in [0.25, 0.3) is 0 Å². The number of aryl methyl sites for hydroxylation is 1. The summed E-state index contributed by atoms with van der Waals surface area (Å²) in [5.74, 6) is 3.87. The molecule has 5 aliphatic rings. The van der Waals surface area contributed by atoms with Gasteiger partial charge in [0.05, 0.1) is 0 Å². The van der Waals surface area contributed by atoms with Crippen molar-refractivity contribution in [2.24, 2.45) is 29.6 Å². The van der Waals surface area contributed by atoms with Crippen LogP contribution in [0.3, 0.4) is 0 Å². The fourth-order valence-corrected chi connectivity index (χ4v) is 6.87. The second-order valence-corrected chi connectivity index (χ2v) is 9.84. The zero-order valence-electron chi connectivity index (χ0n) is 16.9. The number of nitrogens with zero attached hydrogens (tertiary/aromatic N) is 1. The number of benzene rings is 1. The molecule has 1 heterocycles. The predicted molar refractivity (Wildman–Crippen MR) is 109 cm³/mol. The SMILES string of the molecule is Cc1ccccc1C(=O)NC1CCN(C(=O)C2C3CC4CC(C3)CC2C4)CC1. The second kappa shape index (κ2) is 7.20. The van der Waals surface area contributed by atoms with Crippen molar-refractivity contribution in [1.82, 2.24) is 10.2 Å². The highest BCUT2D eigenvalue weighted by atomic mass is 16.2. The lowest BCUT2D eigenvalue weighted by Gasteiger charge is -2.54. The Morgan fingerprint density at radius 1 is 0.929 bits per heavy atom. The highest BCUT2D eigenvalue weighted by molar-refractivity contribution is 5.95. The van der Waals surface area contributed by atoms with Gasteiger partial charge in [-0.2, -0.15) is 0 Å². The Labute approximate surface area is 168 Å². The van der Waals surface area contributed by atoms with Gasteiger partial charge in [-0.1, -0.05) is 18.2 Å². The number of rotatable bonds is 3. The lowest BCUT2D eigenvalue weighted by molar-refractivity contribution is -0.150. The summed E-state index contributed by atoms with van der Waals surface area (Å²) in [6, 6.07) is 7.90. The molecule has 150 valence electrons. The van der Waals surface area contributed by atoms with Crippen molar-refractivity contribution < 1.29 is 9.59 Å². The standard InChI is InChI=1S/C24H32N2O2/c1-15-4-2-3-5-21(15)23(27)25-20-6-8-26(9-7-20)24(28)22-18-11-16-10-17(13-18)14-19(22)12-16/h2-5,16-20,22H,6-14H2,1H3,(H,25,27). The fourth-order valence-electron chi connectivity index (χ4n) is 6.87. The van der Waals surface area contributed by atoms with Crippen LogP contribution in [0, 0.1) is 36.5 Å². The van der Waals surface area contributed by atoms with Crippen LogP contribution in [0.5, 0.6) is 0 Å². The van der Waals surface area contributed by atoms with E-state index in [1.165, 1.54) is 32.1 Å². The normalized spacial score (nSPS) is 34.5. The van der Waals surface area contributed by atoms with Crippen LogP contribution in [-0.2, 0) is 4.79 Å². The quantitative estimate of drug-likeness (QED) is 0.867. The molecule has 4 saturated carbocycles. The van der Waals surface area contributed by atoms with E-state index in [2.05, 4.69) is 10.2 Å². The van der Waals surface area contributed by atoms with Crippen LogP contribution in [-0.4, -0.2) is 35.8 Å². The summed E-state index contributed by atoms with van der Waals surface area (Å²) < 4.78 is 0. The molecule has 4 heteroatoms. The first-order valence-corrected chi connectivity index (χ1v) is 11.2. The Bertz CT molecular complexity index is 738. The summed E-state index contributed by atoms with van der Waals surface area (Å²) >= 11 is 0. The molecule has 6 rings (SSSR count). The van der Waals surface area contributed by atoms with Crippen LogP contribution in [0.4, 0.5) is 0 Å². The predicted octanol–water partition coefficient (Wildman–Crippen LogP) is 3.79. The largest absolute Gasteiger partial charge is 0.349 e. The number of carbonyl (C=O) groups excluding carboxylic acids is 2. The molecule has 4 nitrogen and oxygen atoms in total. The lowest BCUT2D eigenvalue weighted by atomic mass is 9.51. The summed E-state index contributed by atoms with van der Waals surface area (Å²) in [5, 5.41) is 3.19. The van der Waals surface area contributed by atoms with Gasteiger partial charge in [0.1, 0.15) is 0 Å². The molecule has 1 aliphatic heterocycles. The molecular formula is C24H32N2O2. The molecule has 2 amide bonds. The van der Waals surface area contributed by atoms with Gasteiger partial charge < -0.3 is 10.2 Å². The molecule has 1 aromatic rings. The first-order chi connectivity index (χ1) is 13.6. The van der Waals surface area contributed by atoms with Crippen molar-refractivity contribution in [3.8, 4) is 0 Å². The van der Waals surface area contributed by atoms with Crippen LogP contribution < -0.4 is 5.32 Å². The minimum Gasteiger partial charge on any atom is -0.349 e. The molecule has 0 unspecified atom stereocenters. The average Bonchev–Trinajstić information content (AvgIpc) is 2.68. The van der Waals surface area contributed by atoms with E-state index in [-0.39, 0.29) is 11.9 Å². The lowest BCUT2D eigenvalue weighted by Crippen LogP contribution is -2.54. The molecule has 0 aromatic heterocycles. The van der Waals surface area contributed by atoms with Crippen molar-refractivity contribution in [3.63, 3.8) is 0 Å². The molecular weight excluding hydrogens is 348 g/mol. The minimum absolute atomic E-state index is 0.0175. The maximum Gasteiger partial charge on any atom is 0.251 e. The van der Waals surface area contributed by atoms with E-state index in [1.807, 2.05) is 31.2 Å². The van der Waals surface area contributed by atoms with Crippen molar-refractivity contribution in [3.05, 3.63) is 35.4 Å². The molecule has 0 radical (unpaired) electrons. The molecule has 5 fully saturated rings. The van der Waals surface area contributed by atoms with Crippen molar-refractivity contribution in [2.75, 3.05) is 13.1 Å². The monoisotopic (exact) mass is 380 g/mol. The van der Waals surface area contributed by atoms with E-state index in [4.69, 9.17) is 0 Å². The van der Waals surface area contributed by atoms with Gasteiger partial charge in [-0.05, 0) is 87.2 Å². The summed E-state index contributed by atoms with van der Waals surface area (Å²) in [4.78, 5) is 28.0. The second-order valence-electron chi connectivity index (χ2n) is 9.84. The third-order valence-corrected chi connectivity index (χ3v) is 8.04. The number of carbonyl (C=O) groups is 2. The van der Waals surface area contributed by atoms with Gasteiger partial charge >= 0.3 is 0 Å². The number of amides is 2. The molecule has 1 N–H and O–H groups in total. The Hall–Kier alpha value is -1.84. The Morgan fingerprint density at radius 2 is 1.54 bits per heavy atom. The summed E-state index contributed by atoms with van der Waals surface area (Å²) in [5.41, 5.74) is 1.77. The minimum atomic E-state index is 0.0175. The Morgan fingerprint density at radius 3 is 2.14 bits per heavy atom. The zero-order valence-corrected chi connectivity index (χ0v) is 16.9. The van der Waals surface area contributed by atoms with Gasteiger partial charge in [-0.15, -0.1) is 0 Å². The number of likely N-dealkylation sites (tertiary alicyclic amines) is 1. The van der Waals surface area contributed by atoms with E-state index in [0.717, 1.165) is 48.9 Å². The van der Waals surface area contributed by atoms with Gasteiger partial charge in [0.25, 0.3) is 5.91 Å². The van der Waals surface area contributed by atoms with Crippen LogP contribution in [0.15, 0.2) is 24.3 Å². The number of piperidine rings is 1. The summed E-state index contributed by atoms with van der Waals surface area (Å²) in [7, 11) is 0. The molecule has 0 atom stereocenters. The third kappa shape index (κ3) is 3.25. The number of hydrogen-bond donors (Lipinski definition) is 1. The fraction of sp³-hybridized carbons (Fsp3) is 0.667. The van der Waals surface area contributed by atoms with Gasteiger partial charge in [0, 0.05) is 30.6 Å². The maximum atomic E-state index is 13.3.